The van der Waals surface area contributed by atoms with Gasteiger partial charge in [-0.15, -0.1) is 0 Å². The molecular weight excluding hydrogens is 367 g/mol. The zero-order chi connectivity index (χ0) is 20.9. The maximum absolute atomic E-state index is 14.0. The summed E-state index contributed by atoms with van der Waals surface area (Å²) >= 11 is 0. The molecule has 2 rings (SSSR count). The largest absolute Gasteiger partial charge is 0.491 e. The van der Waals surface area contributed by atoms with E-state index in [4.69, 9.17) is 9.84 Å². The zero-order valence-electron chi connectivity index (χ0n) is 17.4. The van der Waals surface area contributed by atoms with Crippen molar-refractivity contribution in [2.45, 2.75) is 70.9 Å². The fraction of sp³-hybridized carbons (Fsp3) is 0.480. The summed E-state index contributed by atoms with van der Waals surface area (Å²) in [6, 6.07) is 14.2. The van der Waals surface area contributed by atoms with E-state index in [0.717, 1.165) is 24.0 Å². The van der Waals surface area contributed by atoms with Crippen molar-refractivity contribution in [2.75, 3.05) is 6.61 Å². The van der Waals surface area contributed by atoms with Gasteiger partial charge in [-0.1, -0.05) is 82.6 Å². The number of hydrogen-bond donors (Lipinski definition) is 1. The summed E-state index contributed by atoms with van der Waals surface area (Å²) in [5.41, 5.74) is 2.16. The van der Waals surface area contributed by atoms with Crippen LogP contribution < -0.4 is 4.74 Å². The molecule has 0 fully saturated rings. The highest BCUT2D eigenvalue weighted by atomic mass is 19.1. The van der Waals surface area contributed by atoms with E-state index in [1.54, 1.807) is 24.3 Å². The standard InChI is InChI=1S/C25H33FO3/c1-2-3-4-5-6-7-8-9-10-23(26)19-29-24-17-15-21(16-18-24)20-11-13-22(14-12-20)25(27)28/h11-18,23H,2-10,19H2,1H3,(H,27,28). The molecule has 158 valence electrons. The predicted octanol–water partition coefficient (Wildman–Crippen LogP) is 7.30. The number of hydrogen-bond acceptors (Lipinski definition) is 2. The second-order valence-electron chi connectivity index (χ2n) is 7.58. The van der Waals surface area contributed by atoms with Crippen LogP contribution in [0.1, 0.15) is 75.1 Å². The van der Waals surface area contributed by atoms with Crippen molar-refractivity contribution in [3.05, 3.63) is 54.1 Å². The van der Waals surface area contributed by atoms with Crippen LogP contribution in [0.25, 0.3) is 11.1 Å². The Morgan fingerprint density at radius 1 is 0.862 bits per heavy atom. The molecule has 1 N–H and O–H groups in total. The van der Waals surface area contributed by atoms with Gasteiger partial charge in [-0.3, -0.25) is 0 Å². The summed E-state index contributed by atoms with van der Waals surface area (Å²) in [6.45, 7) is 2.31. The molecule has 2 aromatic carbocycles. The van der Waals surface area contributed by atoms with Crippen LogP contribution >= 0.6 is 0 Å². The molecule has 0 spiro atoms. The molecule has 0 aliphatic carbocycles. The molecule has 0 heterocycles. The van der Waals surface area contributed by atoms with Gasteiger partial charge in [-0.05, 0) is 41.8 Å². The average Bonchev–Trinajstić information content (AvgIpc) is 2.74. The number of rotatable bonds is 14. The zero-order valence-corrected chi connectivity index (χ0v) is 17.4. The monoisotopic (exact) mass is 400 g/mol. The molecule has 1 unspecified atom stereocenters. The van der Waals surface area contributed by atoms with Gasteiger partial charge in [0.15, 0.2) is 0 Å². The Hall–Kier alpha value is -2.36. The maximum Gasteiger partial charge on any atom is 0.335 e. The molecule has 3 nitrogen and oxygen atoms in total. The van der Waals surface area contributed by atoms with E-state index in [2.05, 4.69) is 6.92 Å². The second kappa shape index (κ2) is 13.0. The van der Waals surface area contributed by atoms with E-state index in [0.29, 0.717) is 12.2 Å². The molecule has 0 radical (unpaired) electrons. The normalized spacial score (nSPS) is 11.9. The lowest BCUT2D eigenvalue weighted by atomic mass is 10.0. The first-order valence-corrected chi connectivity index (χ1v) is 10.8. The fourth-order valence-corrected chi connectivity index (χ4v) is 3.32. The summed E-state index contributed by atoms with van der Waals surface area (Å²) in [7, 11) is 0. The Bertz CT molecular complexity index is 710. The summed E-state index contributed by atoms with van der Waals surface area (Å²) < 4.78 is 19.6. The first-order valence-electron chi connectivity index (χ1n) is 10.8. The molecule has 0 aliphatic heterocycles. The number of carbonyl (C=O) groups is 1. The number of carboxylic acids is 1. The summed E-state index contributed by atoms with van der Waals surface area (Å²) in [5, 5.41) is 8.96. The van der Waals surface area contributed by atoms with Crippen molar-refractivity contribution in [1.82, 2.24) is 0 Å². The fourth-order valence-electron chi connectivity index (χ4n) is 3.32. The first-order chi connectivity index (χ1) is 14.1. The molecule has 0 bridgehead atoms. The topological polar surface area (TPSA) is 46.5 Å². The summed E-state index contributed by atoms with van der Waals surface area (Å²) in [6.07, 6.45) is 9.32. The van der Waals surface area contributed by atoms with E-state index in [9.17, 15) is 9.18 Å². The predicted molar refractivity (Wildman–Crippen MR) is 116 cm³/mol. The Labute approximate surface area is 173 Å². The quantitative estimate of drug-likeness (QED) is 0.338. The van der Waals surface area contributed by atoms with Gasteiger partial charge in [-0.2, -0.15) is 0 Å². The lowest BCUT2D eigenvalue weighted by Crippen LogP contribution is -2.12. The van der Waals surface area contributed by atoms with Crippen molar-refractivity contribution in [1.29, 1.82) is 0 Å². The molecular formula is C25H33FO3. The number of halogens is 1. The highest BCUT2D eigenvalue weighted by Crippen LogP contribution is 2.23. The van der Waals surface area contributed by atoms with E-state index >= 15 is 0 Å². The van der Waals surface area contributed by atoms with Crippen LogP contribution in [0, 0.1) is 0 Å². The van der Waals surface area contributed by atoms with Gasteiger partial charge in [0.05, 0.1) is 5.56 Å². The van der Waals surface area contributed by atoms with Crippen LogP contribution in [-0.4, -0.2) is 23.9 Å². The van der Waals surface area contributed by atoms with E-state index in [1.807, 2.05) is 24.3 Å². The maximum atomic E-state index is 14.0. The van der Waals surface area contributed by atoms with Gasteiger partial charge >= 0.3 is 5.97 Å². The van der Waals surface area contributed by atoms with Crippen LogP contribution in [-0.2, 0) is 0 Å². The molecule has 0 aliphatic rings. The minimum atomic E-state index is -0.937. The number of alkyl halides is 1. The molecule has 0 saturated carbocycles. The molecule has 2 aromatic rings. The van der Waals surface area contributed by atoms with Gasteiger partial charge in [0.1, 0.15) is 18.5 Å². The smallest absolute Gasteiger partial charge is 0.335 e. The van der Waals surface area contributed by atoms with Gasteiger partial charge in [0, 0.05) is 0 Å². The van der Waals surface area contributed by atoms with Crippen molar-refractivity contribution in [3.8, 4) is 16.9 Å². The number of carboxylic acid groups (broad SMARTS) is 1. The Morgan fingerprint density at radius 3 is 1.93 bits per heavy atom. The average molecular weight is 401 g/mol. The van der Waals surface area contributed by atoms with Crippen molar-refractivity contribution >= 4 is 5.97 Å². The van der Waals surface area contributed by atoms with Crippen LogP contribution in [0.4, 0.5) is 4.39 Å². The first kappa shape index (κ1) is 22.9. The Morgan fingerprint density at radius 2 is 1.38 bits per heavy atom. The third-order valence-corrected chi connectivity index (χ3v) is 5.12. The number of benzene rings is 2. The van der Waals surface area contributed by atoms with Crippen LogP contribution in [0.3, 0.4) is 0 Å². The molecule has 0 saturated heterocycles. The van der Waals surface area contributed by atoms with E-state index in [-0.39, 0.29) is 12.2 Å². The van der Waals surface area contributed by atoms with E-state index in [1.165, 1.54) is 38.5 Å². The highest BCUT2D eigenvalue weighted by Gasteiger charge is 2.08. The van der Waals surface area contributed by atoms with Crippen molar-refractivity contribution < 1.29 is 19.0 Å². The Kier molecular flexibility index (Phi) is 10.3. The van der Waals surface area contributed by atoms with Gasteiger partial charge in [0.2, 0.25) is 0 Å². The lowest BCUT2D eigenvalue weighted by molar-refractivity contribution is 0.0697. The number of aromatic carboxylic acids is 1. The molecule has 0 amide bonds. The highest BCUT2D eigenvalue weighted by molar-refractivity contribution is 5.88. The molecule has 0 aromatic heterocycles. The Balaban J connectivity index is 1.66. The third kappa shape index (κ3) is 8.68. The lowest BCUT2D eigenvalue weighted by Gasteiger charge is -2.11. The molecule has 1 atom stereocenters. The molecule has 29 heavy (non-hydrogen) atoms. The van der Waals surface area contributed by atoms with Crippen molar-refractivity contribution in [3.63, 3.8) is 0 Å². The molecule has 4 heteroatoms. The number of ether oxygens (including phenoxy) is 1. The van der Waals surface area contributed by atoms with Crippen LogP contribution in [0.2, 0.25) is 0 Å². The van der Waals surface area contributed by atoms with E-state index < -0.39 is 12.1 Å². The second-order valence-corrected chi connectivity index (χ2v) is 7.58. The van der Waals surface area contributed by atoms with Crippen LogP contribution in [0.5, 0.6) is 5.75 Å². The van der Waals surface area contributed by atoms with Crippen molar-refractivity contribution in [2.24, 2.45) is 0 Å². The minimum Gasteiger partial charge on any atom is -0.491 e. The third-order valence-electron chi connectivity index (χ3n) is 5.12. The van der Waals surface area contributed by atoms with Gasteiger partial charge in [0.25, 0.3) is 0 Å². The summed E-state index contributed by atoms with van der Waals surface area (Å²) in [5.74, 6) is -0.289. The SMILES string of the molecule is CCCCCCCCCCC(F)COc1ccc(-c2ccc(C(=O)O)cc2)cc1. The van der Waals surface area contributed by atoms with Crippen LogP contribution in [0.15, 0.2) is 48.5 Å². The number of unbranched alkanes of at least 4 members (excludes halogenated alkanes) is 7. The van der Waals surface area contributed by atoms with Gasteiger partial charge in [-0.25, -0.2) is 9.18 Å². The van der Waals surface area contributed by atoms with Gasteiger partial charge < -0.3 is 9.84 Å². The minimum absolute atomic E-state index is 0.0865. The summed E-state index contributed by atoms with van der Waals surface area (Å²) in [4.78, 5) is 10.9.